The second-order valence-electron chi connectivity index (χ2n) is 4.51. The van der Waals surface area contributed by atoms with Crippen LogP contribution in [0.1, 0.15) is 16.5 Å². The van der Waals surface area contributed by atoms with Crippen molar-refractivity contribution in [3.63, 3.8) is 0 Å². The lowest BCUT2D eigenvalue weighted by Gasteiger charge is -2.17. The average Bonchev–Trinajstić information content (AvgIpc) is 2.46. The molecule has 2 rings (SSSR count). The van der Waals surface area contributed by atoms with Gasteiger partial charge in [-0.3, -0.25) is 0 Å². The fourth-order valence-corrected chi connectivity index (χ4v) is 2.82. The van der Waals surface area contributed by atoms with Crippen molar-refractivity contribution in [2.75, 3.05) is 14.2 Å². The van der Waals surface area contributed by atoms with Crippen molar-refractivity contribution in [3.8, 4) is 11.5 Å². The lowest BCUT2D eigenvalue weighted by atomic mass is 10.0. The zero-order valence-electron chi connectivity index (χ0n) is 11.7. The van der Waals surface area contributed by atoms with Crippen molar-refractivity contribution in [1.29, 1.82) is 0 Å². The summed E-state index contributed by atoms with van der Waals surface area (Å²) in [6.45, 7) is 0. The molecule has 2 aromatic rings. The molecule has 0 heterocycles. The topological polar surface area (TPSA) is 18.5 Å². The molecule has 2 nitrogen and oxygen atoms in total. The standard InChI is InChI=1S/C16H15Cl2FO2/c1-20-14-7-6-12(16(21-2)15(14)18)13(17)9-10-4-3-5-11(19)8-10/h3-8,13H,9H2,1-2H3. The summed E-state index contributed by atoms with van der Waals surface area (Å²) in [5.74, 6) is 0.718. The number of alkyl halides is 1. The molecule has 112 valence electrons. The third-order valence-electron chi connectivity index (χ3n) is 3.16. The maximum Gasteiger partial charge on any atom is 0.145 e. The van der Waals surface area contributed by atoms with E-state index in [-0.39, 0.29) is 11.2 Å². The van der Waals surface area contributed by atoms with Crippen LogP contribution in [0.2, 0.25) is 5.02 Å². The molecule has 1 unspecified atom stereocenters. The summed E-state index contributed by atoms with van der Waals surface area (Å²) < 4.78 is 23.7. The van der Waals surface area contributed by atoms with E-state index in [0.717, 1.165) is 11.1 Å². The fraction of sp³-hybridized carbons (Fsp3) is 0.250. The van der Waals surface area contributed by atoms with Crippen LogP contribution in [0.25, 0.3) is 0 Å². The van der Waals surface area contributed by atoms with Crippen LogP contribution >= 0.6 is 23.2 Å². The van der Waals surface area contributed by atoms with Crippen molar-refractivity contribution in [3.05, 3.63) is 58.4 Å². The number of ether oxygens (including phenoxy) is 2. The number of halogens is 3. The molecular formula is C16H15Cl2FO2. The van der Waals surface area contributed by atoms with Gasteiger partial charge in [-0.2, -0.15) is 0 Å². The normalized spacial score (nSPS) is 12.0. The van der Waals surface area contributed by atoms with Crippen LogP contribution in [0.4, 0.5) is 4.39 Å². The zero-order chi connectivity index (χ0) is 15.4. The van der Waals surface area contributed by atoms with E-state index < -0.39 is 0 Å². The third kappa shape index (κ3) is 3.60. The Morgan fingerprint density at radius 2 is 1.90 bits per heavy atom. The van der Waals surface area contributed by atoms with Gasteiger partial charge in [0.05, 0.1) is 19.6 Å². The first-order valence-corrected chi connectivity index (χ1v) is 7.17. The smallest absolute Gasteiger partial charge is 0.145 e. The van der Waals surface area contributed by atoms with Gasteiger partial charge in [-0.05, 0) is 30.2 Å². The Balaban J connectivity index is 2.30. The molecule has 0 aliphatic heterocycles. The average molecular weight is 329 g/mol. The molecule has 0 spiro atoms. The van der Waals surface area contributed by atoms with E-state index in [0.29, 0.717) is 22.9 Å². The Labute approximate surface area is 133 Å². The summed E-state index contributed by atoms with van der Waals surface area (Å²) in [6, 6.07) is 9.90. The van der Waals surface area contributed by atoms with Gasteiger partial charge in [0, 0.05) is 5.56 Å². The number of methoxy groups -OCH3 is 2. The van der Waals surface area contributed by atoms with Gasteiger partial charge in [0.2, 0.25) is 0 Å². The molecule has 0 aliphatic rings. The Morgan fingerprint density at radius 1 is 1.14 bits per heavy atom. The molecule has 0 radical (unpaired) electrons. The summed E-state index contributed by atoms with van der Waals surface area (Å²) in [6.07, 6.45) is 0.471. The highest BCUT2D eigenvalue weighted by atomic mass is 35.5. The SMILES string of the molecule is COc1ccc(C(Cl)Cc2cccc(F)c2)c(OC)c1Cl. The van der Waals surface area contributed by atoms with E-state index in [2.05, 4.69) is 0 Å². The first-order chi connectivity index (χ1) is 10.1. The summed E-state index contributed by atoms with van der Waals surface area (Å²) in [7, 11) is 3.06. The highest BCUT2D eigenvalue weighted by molar-refractivity contribution is 6.34. The Hall–Kier alpha value is -1.45. The van der Waals surface area contributed by atoms with Gasteiger partial charge in [-0.25, -0.2) is 4.39 Å². The second-order valence-corrected chi connectivity index (χ2v) is 5.41. The minimum absolute atomic E-state index is 0.281. The minimum atomic E-state index is -0.384. The van der Waals surface area contributed by atoms with Crippen LogP contribution in [0.3, 0.4) is 0 Å². The van der Waals surface area contributed by atoms with Gasteiger partial charge in [0.15, 0.2) is 0 Å². The maximum absolute atomic E-state index is 13.2. The largest absolute Gasteiger partial charge is 0.495 e. The van der Waals surface area contributed by atoms with E-state index in [1.165, 1.54) is 26.4 Å². The molecule has 1 atom stereocenters. The maximum atomic E-state index is 13.2. The van der Waals surface area contributed by atoms with E-state index in [4.69, 9.17) is 32.7 Å². The van der Waals surface area contributed by atoms with E-state index in [1.54, 1.807) is 18.2 Å². The van der Waals surface area contributed by atoms with Gasteiger partial charge >= 0.3 is 0 Å². The summed E-state index contributed by atoms with van der Waals surface area (Å²) in [5, 5.41) is -0.00690. The highest BCUT2D eigenvalue weighted by Gasteiger charge is 2.19. The quantitative estimate of drug-likeness (QED) is 0.717. The van der Waals surface area contributed by atoms with Gasteiger partial charge in [-0.1, -0.05) is 29.8 Å². The predicted molar refractivity (Wildman–Crippen MR) is 83.3 cm³/mol. The number of hydrogen-bond acceptors (Lipinski definition) is 2. The molecule has 0 saturated carbocycles. The summed E-state index contributed by atoms with van der Waals surface area (Å²) in [4.78, 5) is 0. The number of rotatable bonds is 5. The van der Waals surface area contributed by atoms with Gasteiger partial charge in [0.1, 0.15) is 22.3 Å². The first kappa shape index (κ1) is 15.9. The van der Waals surface area contributed by atoms with Crippen LogP contribution < -0.4 is 9.47 Å². The lowest BCUT2D eigenvalue weighted by molar-refractivity contribution is 0.391. The fourth-order valence-electron chi connectivity index (χ4n) is 2.15. The third-order valence-corrected chi connectivity index (χ3v) is 3.90. The first-order valence-electron chi connectivity index (χ1n) is 6.35. The van der Waals surface area contributed by atoms with Crippen molar-refractivity contribution in [2.45, 2.75) is 11.8 Å². The summed E-state index contributed by atoms with van der Waals surface area (Å²) in [5.41, 5.74) is 1.55. The van der Waals surface area contributed by atoms with E-state index in [1.807, 2.05) is 6.07 Å². The van der Waals surface area contributed by atoms with Gasteiger partial charge in [0.25, 0.3) is 0 Å². The molecule has 2 aromatic carbocycles. The van der Waals surface area contributed by atoms with Crippen LogP contribution in [-0.2, 0) is 6.42 Å². The van der Waals surface area contributed by atoms with Gasteiger partial charge in [-0.15, -0.1) is 11.6 Å². The Morgan fingerprint density at radius 3 is 2.52 bits per heavy atom. The van der Waals surface area contributed by atoms with Crippen molar-refractivity contribution in [1.82, 2.24) is 0 Å². The van der Waals surface area contributed by atoms with E-state index in [9.17, 15) is 4.39 Å². The molecule has 0 fully saturated rings. The lowest BCUT2D eigenvalue weighted by Crippen LogP contribution is -2.01. The zero-order valence-corrected chi connectivity index (χ0v) is 13.2. The van der Waals surface area contributed by atoms with Gasteiger partial charge < -0.3 is 9.47 Å². The predicted octanol–water partition coefficient (Wildman–Crippen LogP) is 5.02. The van der Waals surface area contributed by atoms with Crippen molar-refractivity contribution >= 4 is 23.2 Å². The molecule has 5 heteroatoms. The molecule has 0 bridgehead atoms. The van der Waals surface area contributed by atoms with Crippen LogP contribution in [-0.4, -0.2) is 14.2 Å². The molecule has 0 aliphatic carbocycles. The van der Waals surface area contributed by atoms with Crippen molar-refractivity contribution < 1.29 is 13.9 Å². The molecular weight excluding hydrogens is 314 g/mol. The molecule has 0 amide bonds. The number of hydrogen-bond donors (Lipinski definition) is 0. The second kappa shape index (κ2) is 7.01. The Kier molecular flexibility index (Phi) is 5.32. The van der Waals surface area contributed by atoms with E-state index >= 15 is 0 Å². The van der Waals surface area contributed by atoms with Crippen LogP contribution in [0, 0.1) is 5.82 Å². The molecule has 0 N–H and O–H groups in total. The summed E-state index contributed by atoms with van der Waals surface area (Å²) >= 11 is 12.7. The Bertz CT molecular complexity index is 632. The van der Waals surface area contributed by atoms with Crippen molar-refractivity contribution in [2.24, 2.45) is 0 Å². The monoisotopic (exact) mass is 328 g/mol. The number of benzene rings is 2. The highest BCUT2D eigenvalue weighted by Crippen LogP contribution is 2.42. The molecule has 0 aromatic heterocycles. The minimum Gasteiger partial charge on any atom is -0.495 e. The van der Waals surface area contributed by atoms with Crippen LogP contribution in [0.15, 0.2) is 36.4 Å². The molecule has 0 saturated heterocycles. The van der Waals surface area contributed by atoms with Crippen LogP contribution in [0.5, 0.6) is 11.5 Å². The molecule has 21 heavy (non-hydrogen) atoms.